The van der Waals surface area contributed by atoms with Crippen LogP contribution in [-0.2, 0) is 4.79 Å². The lowest BCUT2D eigenvalue weighted by molar-refractivity contribution is -0.120. The van der Waals surface area contributed by atoms with E-state index in [1.54, 1.807) is 36.4 Å². The van der Waals surface area contributed by atoms with E-state index in [2.05, 4.69) is 21.2 Å². The van der Waals surface area contributed by atoms with Crippen molar-refractivity contribution in [2.75, 3.05) is 5.32 Å². The number of fused-ring (bicyclic) bond motifs is 1. The molecule has 0 bridgehead atoms. The third-order valence-corrected chi connectivity index (χ3v) is 4.96. The van der Waals surface area contributed by atoms with Crippen molar-refractivity contribution in [2.24, 2.45) is 5.92 Å². The number of rotatable bonds is 5. The Morgan fingerprint density at radius 3 is 2.08 bits per heavy atom. The van der Waals surface area contributed by atoms with Crippen LogP contribution in [0.25, 0.3) is 0 Å². The second-order valence-corrected chi connectivity index (χ2v) is 7.49. The molecule has 3 rings (SSSR count). The standard InChI is InChI=1S/C20H19BrN2O3/c1-12(2)11-17(18(24)22-16-10-6-5-9-15(16)21)23-19(25)13-7-3-4-8-14(13)20(23)26/h3-10,12,17H,11H2,1-2H3,(H,22,24)/t17-/m0/s1. The maximum absolute atomic E-state index is 13.0. The Morgan fingerprint density at radius 1 is 1.00 bits per heavy atom. The van der Waals surface area contributed by atoms with E-state index in [0.29, 0.717) is 23.2 Å². The van der Waals surface area contributed by atoms with Crippen LogP contribution in [0.2, 0.25) is 0 Å². The number of hydrogen-bond donors (Lipinski definition) is 1. The highest BCUT2D eigenvalue weighted by Gasteiger charge is 2.42. The van der Waals surface area contributed by atoms with Crippen LogP contribution in [0.4, 0.5) is 5.69 Å². The monoisotopic (exact) mass is 414 g/mol. The van der Waals surface area contributed by atoms with Crippen molar-refractivity contribution in [3.8, 4) is 0 Å². The first-order valence-corrected chi connectivity index (χ1v) is 9.21. The summed E-state index contributed by atoms with van der Waals surface area (Å²) in [7, 11) is 0. The second kappa shape index (κ2) is 7.41. The number of para-hydroxylation sites is 1. The summed E-state index contributed by atoms with van der Waals surface area (Å²) in [5.41, 5.74) is 1.29. The molecule has 0 unspecified atom stereocenters. The second-order valence-electron chi connectivity index (χ2n) is 6.64. The molecule has 134 valence electrons. The fraction of sp³-hybridized carbons (Fsp3) is 0.250. The summed E-state index contributed by atoms with van der Waals surface area (Å²) in [6, 6.07) is 13.0. The van der Waals surface area contributed by atoms with Gasteiger partial charge in [-0.2, -0.15) is 0 Å². The van der Waals surface area contributed by atoms with Crippen molar-refractivity contribution in [2.45, 2.75) is 26.3 Å². The Labute approximate surface area is 160 Å². The number of imide groups is 1. The highest BCUT2D eigenvalue weighted by atomic mass is 79.9. The number of anilines is 1. The first-order valence-electron chi connectivity index (χ1n) is 8.42. The zero-order valence-electron chi connectivity index (χ0n) is 14.5. The lowest BCUT2D eigenvalue weighted by atomic mass is 10.0. The number of nitrogens with zero attached hydrogens (tertiary/aromatic N) is 1. The number of hydrogen-bond acceptors (Lipinski definition) is 3. The van der Waals surface area contributed by atoms with Gasteiger partial charge in [0.05, 0.1) is 16.8 Å². The first kappa shape index (κ1) is 18.3. The van der Waals surface area contributed by atoms with Crippen LogP contribution in [0, 0.1) is 5.92 Å². The molecule has 0 aromatic heterocycles. The third kappa shape index (κ3) is 3.42. The molecule has 26 heavy (non-hydrogen) atoms. The minimum Gasteiger partial charge on any atom is -0.323 e. The number of carbonyl (C=O) groups excluding carboxylic acids is 3. The van der Waals surface area contributed by atoms with Gasteiger partial charge in [0, 0.05) is 4.47 Å². The largest absolute Gasteiger partial charge is 0.323 e. The number of carbonyl (C=O) groups is 3. The zero-order chi connectivity index (χ0) is 18.8. The quantitative estimate of drug-likeness (QED) is 0.748. The Morgan fingerprint density at radius 2 is 1.54 bits per heavy atom. The summed E-state index contributed by atoms with van der Waals surface area (Å²) in [4.78, 5) is 39.6. The molecule has 2 aromatic carbocycles. The summed E-state index contributed by atoms with van der Waals surface area (Å²) in [5, 5.41) is 2.83. The predicted molar refractivity (Wildman–Crippen MR) is 103 cm³/mol. The number of benzene rings is 2. The molecule has 0 saturated heterocycles. The van der Waals surface area contributed by atoms with Crippen molar-refractivity contribution in [3.63, 3.8) is 0 Å². The summed E-state index contributed by atoms with van der Waals surface area (Å²) in [6.07, 6.45) is 0.391. The molecule has 3 amide bonds. The van der Waals surface area contributed by atoms with Gasteiger partial charge >= 0.3 is 0 Å². The smallest absolute Gasteiger partial charge is 0.262 e. The van der Waals surface area contributed by atoms with E-state index in [4.69, 9.17) is 0 Å². The van der Waals surface area contributed by atoms with Crippen molar-refractivity contribution >= 4 is 39.3 Å². The van der Waals surface area contributed by atoms with Gasteiger partial charge in [-0.25, -0.2) is 0 Å². The maximum atomic E-state index is 13.0. The molecule has 5 nitrogen and oxygen atoms in total. The van der Waals surface area contributed by atoms with E-state index in [9.17, 15) is 14.4 Å². The average Bonchev–Trinajstić information content (AvgIpc) is 2.86. The molecule has 0 spiro atoms. The molecule has 1 N–H and O–H groups in total. The van der Waals surface area contributed by atoms with Crippen molar-refractivity contribution in [3.05, 3.63) is 64.1 Å². The number of halogens is 1. The topological polar surface area (TPSA) is 66.5 Å². The van der Waals surface area contributed by atoms with Crippen molar-refractivity contribution < 1.29 is 14.4 Å². The van der Waals surface area contributed by atoms with Crippen molar-refractivity contribution in [1.29, 1.82) is 0 Å². The van der Waals surface area contributed by atoms with E-state index in [0.717, 1.165) is 9.37 Å². The number of nitrogens with one attached hydrogen (secondary N) is 1. The van der Waals surface area contributed by atoms with Gasteiger partial charge in [-0.15, -0.1) is 0 Å². The average molecular weight is 415 g/mol. The van der Waals surface area contributed by atoms with Crippen LogP contribution in [0.1, 0.15) is 41.0 Å². The van der Waals surface area contributed by atoms with E-state index in [1.807, 2.05) is 26.0 Å². The molecular weight excluding hydrogens is 396 g/mol. The molecule has 1 aliphatic heterocycles. The minimum absolute atomic E-state index is 0.134. The molecular formula is C20H19BrN2O3. The van der Waals surface area contributed by atoms with Crippen LogP contribution in [0.15, 0.2) is 53.0 Å². The molecule has 0 radical (unpaired) electrons. The Balaban J connectivity index is 1.92. The van der Waals surface area contributed by atoms with Gasteiger partial charge in [0.1, 0.15) is 6.04 Å². The normalized spacial score (nSPS) is 14.5. The van der Waals surface area contributed by atoms with Crippen LogP contribution < -0.4 is 5.32 Å². The Bertz CT molecular complexity index is 844. The van der Waals surface area contributed by atoms with E-state index in [-0.39, 0.29) is 11.8 Å². The Hall–Kier alpha value is -2.47. The summed E-state index contributed by atoms with van der Waals surface area (Å²) in [6.45, 7) is 3.91. The van der Waals surface area contributed by atoms with Crippen LogP contribution >= 0.6 is 15.9 Å². The molecule has 0 aliphatic carbocycles. The molecule has 1 heterocycles. The van der Waals surface area contributed by atoms with Crippen LogP contribution in [-0.4, -0.2) is 28.7 Å². The van der Waals surface area contributed by atoms with E-state index < -0.39 is 17.9 Å². The Kier molecular flexibility index (Phi) is 5.23. The van der Waals surface area contributed by atoms with Gasteiger partial charge in [-0.1, -0.05) is 38.1 Å². The molecule has 6 heteroatoms. The van der Waals surface area contributed by atoms with Crippen LogP contribution in [0.5, 0.6) is 0 Å². The first-order chi connectivity index (χ1) is 12.4. The minimum atomic E-state index is -0.866. The molecule has 1 aliphatic rings. The van der Waals surface area contributed by atoms with Gasteiger partial charge in [0.2, 0.25) is 5.91 Å². The SMILES string of the molecule is CC(C)C[C@@H](C(=O)Nc1ccccc1Br)N1C(=O)c2ccccc2C1=O. The van der Waals surface area contributed by atoms with Gasteiger partial charge in [0.15, 0.2) is 0 Å². The summed E-state index contributed by atoms with van der Waals surface area (Å²) in [5.74, 6) is -1.08. The van der Waals surface area contributed by atoms with E-state index in [1.165, 1.54) is 0 Å². The number of amides is 3. The molecule has 0 fully saturated rings. The fourth-order valence-electron chi connectivity index (χ4n) is 3.05. The maximum Gasteiger partial charge on any atom is 0.262 e. The van der Waals surface area contributed by atoms with Gasteiger partial charge in [-0.3, -0.25) is 19.3 Å². The van der Waals surface area contributed by atoms with Crippen molar-refractivity contribution in [1.82, 2.24) is 4.90 Å². The van der Waals surface area contributed by atoms with Gasteiger partial charge in [0.25, 0.3) is 11.8 Å². The predicted octanol–water partition coefficient (Wildman–Crippen LogP) is 4.10. The van der Waals surface area contributed by atoms with E-state index >= 15 is 0 Å². The fourth-order valence-corrected chi connectivity index (χ4v) is 3.43. The molecule has 1 atom stereocenters. The zero-order valence-corrected chi connectivity index (χ0v) is 16.1. The highest BCUT2D eigenvalue weighted by molar-refractivity contribution is 9.10. The molecule has 2 aromatic rings. The van der Waals surface area contributed by atoms with Crippen LogP contribution in [0.3, 0.4) is 0 Å². The lowest BCUT2D eigenvalue weighted by Crippen LogP contribution is -2.48. The third-order valence-electron chi connectivity index (χ3n) is 4.27. The molecule has 0 saturated carbocycles. The summed E-state index contributed by atoms with van der Waals surface area (Å²) < 4.78 is 0.735. The highest BCUT2D eigenvalue weighted by Crippen LogP contribution is 2.28. The lowest BCUT2D eigenvalue weighted by Gasteiger charge is -2.27. The van der Waals surface area contributed by atoms with Gasteiger partial charge in [-0.05, 0) is 52.5 Å². The summed E-state index contributed by atoms with van der Waals surface area (Å²) >= 11 is 3.39. The van der Waals surface area contributed by atoms with Gasteiger partial charge < -0.3 is 5.32 Å².